The minimum atomic E-state index is -0.224. The van der Waals surface area contributed by atoms with Crippen molar-refractivity contribution in [2.75, 3.05) is 0 Å². The number of hydrogen-bond acceptors (Lipinski definition) is 4. The van der Waals surface area contributed by atoms with Gasteiger partial charge in [0.2, 0.25) is 0 Å². The van der Waals surface area contributed by atoms with Crippen molar-refractivity contribution in [3.63, 3.8) is 0 Å². The van der Waals surface area contributed by atoms with Gasteiger partial charge >= 0.3 is 0 Å². The van der Waals surface area contributed by atoms with Crippen LogP contribution in [0, 0.1) is 5.92 Å². The van der Waals surface area contributed by atoms with E-state index in [9.17, 15) is 4.79 Å². The Bertz CT molecular complexity index is 1030. The minimum Gasteiger partial charge on any atom is -0.342 e. The van der Waals surface area contributed by atoms with Gasteiger partial charge in [-0.3, -0.25) is 4.79 Å². The number of imidazole rings is 1. The number of aromatic amines is 1. The number of H-pyrrole nitrogens is 1. The number of hydrogen-bond donors (Lipinski definition) is 2. The molecule has 1 aromatic carbocycles. The Morgan fingerprint density at radius 3 is 2.96 bits per heavy atom. The van der Waals surface area contributed by atoms with Crippen LogP contribution in [0.2, 0.25) is 0 Å². The van der Waals surface area contributed by atoms with Gasteiger partial charge in [-0.2, -0.15) is 5.10 Å². The second-order valence-electron chi connectivity index (χ2n) is 6.42. The van der Waals surface area contributed by atoms with Gasteiger partial charge in [-0.25, -0.2) is 14.5 Å². The summed E-state index contributed by atoms with van der Waals surface area (Å²) < 4.78 is 1.59. The lowest BCUT2D eigenvalue weighted by Crippen LogP contribution is -2.33. The number of carbonyl (C=O) groups excluding carboxylic acids is 1. The Morgan fingerprint density at radius 2 is 2.15 bits per heavy atom. The average Bonchev–Trinajstić information content (AvgIpc) is 3.29. The lowest BCUT2D eigenvalue weighted by molar-refractivity contribution is 0.0922. The Morgan fingerprint density at radius 1 is 1.31 bits per heavy atom. The van der Waals surface area contributed by atoms with Gasteiger partial charge in [-0.15, -0.1) is 0 Å². The van der Waals surface area contributed by atoms with E-state index in [0.29, 0.717) is 11.2 Å². The molecule has 0 aliphatic rings. The number of carbonyl (C=O) groups is 1. The van der Waals surface area contributed by atoms with E-state index in [0.717, 1.165) is 23.3 Å². The van der Waals surface area contributed by atoms with Crippen LogP contribution in [0.15, 0.2) is 48.9 Å². The van der Waals surface area contributed by atoms with Crippen molar-refractivity contribution in [2.24, 2.45) is 5.92 Å². The van der Waals surface area contributed by atoms with Crippen LogP contribution in [0.4, 0.5) is 0 Å². The molecular formula is C19H20N6O. The van der Waals surface area contributed by atoms with Crippen molar-refractivity contribution in [1.29, 1.82) is 0 Å². The highest BCUT2D eigenvalue weighted by molar-refractivity contribution is 5.99. The second kappa shape index (κ2) is 6.59. The molecule has 132 valence electrons. The molecule has 3 aromatic heterocycles. The first-order valence-corrected chi connectivity index (χ1v) is 8.71. The average molecular weight is 348 g/mol. The summed E-state index contributed by atoms with van der Waals surface area (Å²) in [7, 11) is 0. The fourth-order valence-corrected chi connectivity index (χ4v) is 3.04. The topological polar surface area (TPSA) is 88.0 Å². The summed E-state index contributed by atoms with van der Waals surface area (Å²) in [4.78, 5) is 25.2. The predicted molar refractivity (Wildman–Crippen MR) is 98.7 cm³/mol. The van der Waals surface area contributed by atoms with E-state index in [1.54, 1.807) is 29.2 Å². The van der Waals surface area contributed by atoms with E-state index < -0.39 is 0 Å². The van der Waals surface area contributed by atoms with E-state index in [2.05, 4.69) is 39.2 Å². The number of nitrogens with zero attached hydrogens (tertiary/aromatic N) is 4. The van der Waals surface area contributed by atoms with Crippen molar-refractivity contribution in [1.82, 2.24) is 29.9 Å². The molecule has 0 bridgehead atoms. The second-order valence-corrected chi connectivity index (χ2v) is 6.42. The van der Waals surface area contributed by atoms with Crippen LogP contribution in [0.1, 0.15) is 42.5 Å². The molecule has 0 spiro atoms. The molecule has 26 heavy (non-hydrogen) atoms. The molecule has 0 saturated heterocycles. The molecule has 7 nitrogen and oxygen atoms in total. The highest BCUT2D eigenvalue weighted by Gasteiger charge is 2.25. The Labute approximate surface area is 150 Å². The first-order valence-electron chi connectivity index (χ1n) is 8.71. The minimum absolute atomic E-state index is 0.204. The van der Waals surface area contributed by atoms with Gasteiger partial charge in [0, 0.05) is 12.4 Å². The van der Waals surface area contributed by atoms with Crippen LogP contribution in [0.3, 0.4) is 0 Å². The SMILES string of the molecule is CC[C@@H](C)[C@@H](NC(=O)c1cnn2cccnc12)c1nc2ccccc2[nH]1. The third kappa shape index (κ3) is 2.81. The first kappa shape index (κ1) is 16.3. The van der Waals surface area contributed by atoms with Gasteiger partial charge in [0.25, 0.3) is 5.91 Å². The van der Waals surface area contributed by atoms with Gasteiger partial charge in [0.1, 0.15) is 11.4 Å². The van der Waals surface area contributed by atoms with E-state index in [-0.39, 0.29) is 17.9 Å². The lowest BCUT2D eigenvalue weighted by Gasteiger charge is -2.22. The molecule has 4 rings (SSSR count). The molecule has 2 N–H and O–H groups in total. The van der Waals surface area contributed by atoms with Crippen LogP contribution in [0.25, 0.3) is 16.7 Å². The van der Waals surface area contributed by atoms with Gasteiger partial charge in [0.05, 0.1) is 23.3 Å². The number of rotatable bonds is 5. The highest BCUT2D eigenvalue weighted by atomic mass is 16.1. The van der Waals surface area contributed by atoms with Crippen molar-refractivity contribution < 1.29 is 4.79 Å². The Balaban J connectivity index is 1.68. The molecule has 2 atom stereocenters. The molecule has 0 radical (unpaired) electrons. The zero-order chi connectivity index (χ0) is 18.1. The molecule has 4 aromatic rings. The van der Waals surface area contributed by atoms with E-state index >= 15 is 0 Å². The Kier molecular flexibility index (Phi) is 4.12. The zero-order valence-electron chi connectivity index (χ0n) is 14.7. The molecule has 0 fully saturated rings. The van der Waals surface area contributed by atoms with Gasteiger partial charge in [-0.05, 0) is 24.1 Å². The van der Waals surface area contributed by atoms with E-state index in [4.69, 9.17) is 0 Å². The van der Waals surface area contributed by atoms with Crippen LogP contribution in [-0.2, 0) is 0 Å². The lowest BCUT2D eigenvalue weighted by atomic mass is 9.98. The summed E-state index contributed by atoms with van der Waals surface area (Å²) in [5.74, 6) is 0.775. The summed E-state index contributed by atoms with van der Waals surface area (Å²) in [5.41, 5.74) is 2.85. The smallest absolute Gasteiger partial charge is 0.257 e. The summed E-state index contributed by atoms with van der Waals surface area (Å²) in [6, 6.07) is 9.41. The first-order chi connectivity index (χ1) is 12.7. The summed E-state index contributed by atoms with van der Waals surface area (Å²) in [5, 5.41) is 7.30. The van der Waals surface area contributed by atoms with E-state index in [1.165, 1.54) is 0 Å². The van der Waals surface area contributed by atoms with Crippen molar-refractivity contribution >= 4 is 22.6 Å². The van der Waals surface area contributed by atoms with Gasteiger partial charge in [-0.1, -0.05) is 32.4 Å². The predicted octanol–water partition coefficient (Wildman–Crippen LogP) is 3.12. The molecule has 0 aliphatic carbocycles. The molecule has 0 aliphatic heterocycles. The van der Waals surface area contributed by atoms with Crippen molar-refractivity contribution in [3.05, 3.63) is 60.3 Å². The summed E-state index contributed by atoms with van der Waals surface area (Å²) in [6.07, 6.45) is 5.88. The molecule has 3 heterocycles. The maximum atomic E-state index is 12.9. The number of fused-ring (bicyclic) bond motifs is 2. The fraction of sp³-hybridized carbons (Fsp3) is 0.263. The molecule has 1 amide bonds. The number of benzene rings is 1. The number of amides is 1. The summed E-state index contributed by atoms with van der Waals surface area (Å²) >= 11 is 0. The third-order valence-corrected chi connectivity index (χ3v) is 4.73. The number of nitrogens with one attached hydrogen (secondary N) is 2. The largest absolute Gasteiger partial charge is 0.342 e. The standard InChI is InChI=1S/C19H20N6O/c1-3-12(2)16(17-22-14-7-4-5-8-15(14)23-17)24-19(26)13-11-21-25-10-6-9-20-18(13)25/h4-12,16H,3H2,1-2H3,(H,22,23)(H,24,26)/t12-,16-/m1/s1. The monoisotopic (exact) mass is 348 g/mol. The maximum absolute atomic E-state index is 12.9. The van der Waals surface area contributed by atoms with Crippen LogP contribution < -0.4 is 5.32 Å². The molecular weight excluding hydrogens is 328 g/mol. The summed E-state index contributed by atoms with van der Waals surface area (Å²) in [6.45, 7) is 4.20. The van der Waals surface area contributed by atoms with Crippen molar-refractivity contribution in [2.45, 2.75) is 26.3 Å². The van der Waals surface area contributed by atoms with Crippen molar-refractivity contribution in [3.8, 4) is 0 Å². The third-order valence-electron chi connectivity index (χ3n) is 4.73. The quantitative estimate of drug-likeness (QED) is 0.580. The van der Waals surface area contributed by atoms with Crippen LogP contribution in [-0.4, -0.2) is 30.5 Å². The molecule has 7 heteroatoms. The Hall–Kier alpha value is -3.22. The highest BCUT2D eigenvalue weighted by Crippen LogP contribution is 2.25. The van der Waals surface area contributed by atoms with Crippen LogP contribution in [0.5, 0.6) is 0 Å². The van der Waals surface area contributed by atoms with Gasteiger partial charge < -0.3 is 10.3 Å². The normalized spacial score (nSPS) is 13.8. The maximum Gasteiger partial charge on any atom is 0.257 e. The zero-order valence-corrected chi connectivity index (χ0v) is 14.7. The van der Waals surface area contributed by atoms with Gasteiger partial charge in [0.15, 0.2) is 5.65 Å². The van der Waals surface area contributed by atoms with E-state index in [1.807, 2.05) is 24.3 Å². The number of para-hydroxylation sites is 2. The fourth-order valence-electron chi connectivity index (χ4n) is 3.04. The molecule has 0 unspecified atom stereocenters. The van der Waals surface area contributed by atoms with Crippen LogP contribution >= 0.6 is 0 Å². The molecule has 0 saturated carbocycles. The number of aromatic nitrogens is 5.